The molecule has 0 bridgehead atoms. The zero-order valence-corrected chi connectivity index (χ0v) is 12.0. The summed E-state index contributed by atoms with van der Waals surface area (Å²) < 4.78 is 8.28. The summed E-state index contributed by atoms with van der Waals surface area (Å²) in [5, 5.41) is 6.95. The van der Waals surface area contributed by atoms with Crippen molar-refractivity contribution >= 4 is 12.2 Å². The van der Waals surface area contributed by atoms with E-state index in [1.54, 1.807) is 6.08 Å². The lowest BCUT2D eigenvalue weighted by atomic mass is 10.1. The number of aromatic amines is 1. The van der Waals surface area contributed by atoms with Crippen LogP contribution in [0.3, 0.4) is 0 Å². The molecule has 0 atom stereocenters. The normalized spacial score (nSPS) is 10.2. The van der Waals surface area contributed by atoms with E-state index < -0.39 is 0 Å². The van der Waals surface area contributed by atoms with Gasteiger partial charge in [0, 0.05) is 6.54 Å². The minimum Gasteiger partial charge on any atom is -0.485 e. The van der Waals surface area contributed by atoms with Gasteiger partial charge < -0.3 is 4.74 Å². The van der Waals surface area contributed by atoms with Crippen LogP contribution in [0.5, 0.6) is 5.75 Å². The lowest BCUT2D eigenvalue weighted by molar-refractivity contribution is 0.287. The standard InChI is InChI=1S/C15H17N3OS/c1-3-7-12-8-5-6-9-13(12)19-11-14-16-17-15(20)18(14)10-4-2/h3-6,8-9H,1-2,7,10-11H2,(H,17,20). The maximum atomic E-state index is 5.84. The van der Waals surface area contributed by atoms with Crippen LogP contribution in [-0.4, -0.2) is 14.8 Å². The molecule has 2 rings (SSSR count). The number of allylic oxidation sites excluding steroid dienone is 2. The van der Waals surface area contributed by atoms with E-state index >= 15 is 0 Å². The largest absolute Gasteiger partial charge is 0.485 e. The molecule has 0 radical (unpaired) electrons. The number of rotatable bonds is 7. The molecule has 1 aromatic heterocycles. The highest BCUT2D eigenvalue weighted by atomic mass is 32.1. The molecule has 0 saturated carbocycles. The molecular formula is C15H17N3OS. The first-order valence-corrected chi connectivity index (χ1v) is 6.73. The summed E-state index contributed by atoms with van der Waals surface area (Å²) in [6.45, 7) is 8.44. The minimum absolute atomic E-state index is 0.356. The van der Waals surface area contributed by atoms with E-state index in [0.29, 0.717) is 17.9 Å². The van der Waals surface area contributed by atoms with Crippen LogP contribution in [0.25, 0.3) is 0 Å². The number of nitrogens with one attached hydrogen (secondary N) is 1. The summed E-state index contributed by atoms with van der Waals surface area (Å²) in [4.78, 5) is 0. The molecule has 0 unspecified atom stereocenters. The van der Waals surface area contributed by atoms with Crippen molar-refractivity contribution in [1.82, 2.24) is 14.8 Å². The van der Waals surface area contributed by atoms with E-state index in [9.17, 15) is 0 Å². The fourth-order valence-corrected chi connectivity index (χ4v) is 2.11. The van der Waals surface area contributed by atoms with E-state index in [4.69, 9.17) is 17.0 Å². The summed E-state index contributed by atoms with van der Waals surface area (Å²) in [5.74, 6) is 1.59. The predicted octanol–water partition coefficient (Wildman–Crippen LogP) is 3.43. The number of ether oxygens (including phenoxy) is 1. The Morgan fingerprint density at radius 3 is 2.85 bits per heavy atom. The quantitative estimate of drug-likeness (QED) is 0.626. The highest BCUT2D eigenvalue weighted by Crippen LogP contribution is 2.19. The molecule has 1 N–H and O–H groups in total. The van der Waals surface area contributed by atoms with Crippen molar-refractivity contribution < 1.29 is 4.74 Å². The summed E-state index contributed by atoms with van der Waals surface area (Å²) in [6.07, 6.45) is 4.41. The highest BCUT2D eigenvalue weighted by Gasteiger charge is 2.07. The van der Waals surface area contributed by atoms with Gasteiger partial charge in [0.05, 0.1) is 0 Å². The number of para-hydroxylation sites is 1. The van der Waals surface area contributed by atoms with Crippen LogP contribution in [-0.2, 0) is 19.6 Å². The molecule has 2 aromatic rings. The summed E-state index contributed by atoms with van der Waals surface area (Å²) >= 11 is 5.16. The Bertz CT molecular complexity index is 657. The second-order valence-electron chi connectivity index (χ2n) is 4.23. The molecule has 0 fully saturated rings. The molecule has 20 heavy (non-hydrogen) atoms. The zero-order chi connectivity index (χ0) is 14.4. The first-order chi connectivity index (χ1) is 9.76. The molecule has 0 aliphatic carbocycles. The Morgan fingerprint density at radius 2 is 2.10 bits per heavy atom. The first kappa shape index (κ1) is 14.3. The Labute approximate surface area is 123 Å². The van der Waals surface area contributed by atoms with Crippen molar-refractivity contribution in [3.63, 3.8) is 0 Å². The third-order valence-corrected chi connectivity index (χ3v) is 3.15. The molecule has 104 valence electrons. The van der Waals surface area contributed by atoms with Gasteiger partial charge in [-0.15, -0.1) is 13.2 Å². The molecule has 0 aliphatic rings. The second-order valence-corrected chi connectivity index (χ2v) is 4.62. The van der Waals surface area contributed by atoms with E-state index in [1.807, 2.05) is 34.9 Å². The number of benzene rings is 1. The SMILES string of the molecule is C=CCc1ccccc1OCc1n[nH]c(=S)n1CC=C. The molecular weight excluding hydrogens is 270 g/mol. The Balaban J connectivity index is 2.15. The van der Waals surface area contributed by atoms with Crippen LogP contribution < -0.4 is 4.74 Å². The maximum absolute atomic E-state index is 5.84. The second kappa shape index (κ2) is 6.86. The van der Waals surface area contributed by atoms with Gasteiger partial charge in [0.25, 0.3) is 0 Å². The third-order valence-electron chi connectivity index (χ3n) is 2.84. The maximum Gasteiger partial charge on any atom is 0.195 e. The number of hydrogen-bond donors (Lipinski definition) is 1. The fourth-order valence-electron chi connectivity index (χ4n) is 1.89. The summed E-state index contributed by atoms with van der Waals surface area (Å²) in [5.41, 5.74) is 1.10. The summed E-state index contributed by atoms with van der Waals surface area (Å²) in [6, 6.07) is 7.90. The van der Waals surface area contributed by atoms with Crippen LogP contribution in [0.2, 0.25) is 0 Å². The molecule has 1 heterocycles. The van der Waals surface area contributed by atoms with E-state index in [2.05, 4.69) is 23.4 Å². The Morgan fingerprint density at radius 1 is 1.30 bits per heavy atom. The lowest BCUT2D eigenvalue weighted by Crippen LogP contribution is -2.07. The van der Waals surface area contributed by atoms with Gasteiger partial charge >= 0.3 is 0 Å². The van der Waals surface area contributed by atoms with E-state index in [-0.39, 0.29) is 0 Å². The number of aromatic nitrogens is 3. The van der Waals surface area contributed by atoms with Crippen molar-refractivity contribution in [2.75, 3.05) is 0 Å². The van der Waals surface area contributed by atoms with Crippen LogP contribution in [0.1, 0.15) is 11.4 Å². The van der Waals surface area contributed by atoms with Crippen LogP contribution in [0.4, 0.5) is 0 Å². The Kier molecular flexibility index (Phi) is 4.90. The molecule has 0 aliphatic heterocycles. The van der Waals surface area contributed by atoms with Crippen molar-refractivity contribution in [3.8, 4) is 5.75 Å². The number of nitrogens with zero attached hydrogens (tertiary/aromatic N) is 2. The van der Waals surface area contributed by atoms with E-state index in [0.717, 1.165) is 23.6 Å². The van der Waals surface area contributed by atoms with Gasteiger partial charge in [-0.05, 0) is 30.3 Å². The lowest BCUT2D eigenvalue weighted by Gasteiger charge is -2.10. The minimum atomic E-state index is 0.356. The molecule has 1 aromatic carbocycles. The van der Waals surface area contributed by atoms with Gasteiger partial charge in [0.1, 0.15) is 12.4 Å². The molecule has 0 amide bonds. The van der Waals surface area contributed by atoms with Gasteiger partial charge in [-0.2, -0.15) is 5.10 Å². The molecule has 0 spiro atoms. The van der Waals surface area contributed by atoms with Gasteiger partial charge in [-0.1, -0.05) is 30.4 Å². The fraction of sp³-hybridized carbons (Fsp3) is 0.200. The van der Waals surface area contributed by atoms with Crippen LogP contribution in [0.15, 0.2) is 49.6 Å². The van der Waals surface area contributed by atoms with Crippen LogP contribution in [0, 0.1) is 4.77 Å². The average molecular weight is 287 g/mol. The Hall–Kier alpha value is -2.14. The van der Waals surface area contributed by atoms with Crippen molar-refractivity contribution in [2.45, 2.75) is 19.6 Å². The van der Waals surface area contributed by atoms with E-state index in [1.165, 1.54) is 0 Å². The van der Waals surface area contributed by atoms with Gasteiger partial charge in [-0.3, -0.25) is 9.67 Å². The number of H-pyrrole nitrogens is 1. The zero-order valence-electron chi connectivity index (χ0n) is 11.2. The van der Waals surface area contributed by atoms with Gasteiger partial charge in [-0.25, -0.2) is 0 Å². The predicted molar refractivity (Wildman–Crippen MR) is 82.3 cm³/mol. The van der Waals surface area contributed by atoms with Gasteiger partial charge in [0.15, 0.2) is 10.6 Å². The topological polar surface area (TPSA) is 42.8 Å². The highest BCUT2D eigenvalue weighted by molar-refractivity contribution is 7.71. The first-order valence-electron chi connectivity index (χ1n) is 6.33. The van der Waals surface area contributed by atoms with Gasteiger partial charge in [0.2, 0.25) is 0 Å². The van der Waals surface area contributed by atoms with Crippen molar-refractivity contribution in [2.24, 2.45) is 0 Å². The average Bonchev–Trinajstić information content (AvgIpc) is 2.80. The summed E-state index contributed by atoms with van der Waals surface area (Å²) in [7, 11) is 0. The number of hydrogen-bond acceptors (Lipinski definition) is 3. The van der Waals surface area contributed by atoms with Crippen molar-refractivity contribution in [1.29, 1.82) is 0 Å². The third kappa shape index (κ3) is 3.24. The monoisotopic (exact) mass is 287 g/mol. The molecule has 4 nitrogen and oxygen atoms in total. The van der Waals surface area contributed by atoms with Crippen molar-refractivity contribution in [3.05, 3.63) is 65.7 Å². The molecule has 5 heteroatoms. The smallest absolute Gasteiger partial charge is 0.195 e. The molecule has 0 saturated heterocycles. The van der Waals surface area contributed by atoms with Crippen LogP contribution >= 0.6 is 12.2 Å².